The lowest BCUT2D eigenvalue weighted by atomic mass is 10.3. The van der Waals surface area contributed by atoms with E-state index >= 15 is 0 Å². The number of nitrogens with one attached hydrogen (secondary N) is 1. The maximum atomic E-state index is 4.01. The molecule has 1 atom stereocenters. The number of hydrogen-bond donors (Lipinski definition) is 1. The summed E-state index contributed by atoms with van der Waals surface area (Å²) >= 11 is 0. The molecule has 0 saturated heterocycles. The van der Waals surface area contributed by atoms with E-state index in [0.29, 0.717) is 0 Å². The predicted octanol–water partition coefficient (Wildman–Crippen LogP) is -0.421. The SMILES string of the molecule is CC1=NC=NN2C=NNC12. The molecule has 2 aliphatic rings. The van der Waals surface area contributed by atoms with Crippen molar-refractivity contribution in [3.05, 3.63) is 0 Å². The fourth-order valence-corrected chi connectivity index (χ4v) is 0.917. The molecule has 1 N–H and O–H groups in total. The van der Waals surface area contributed by atoms with Gasteiger partial charge < -0.3 is 0 Å². The summed E-state index contributed by atoms with van der Waals surface area (Å²) in [5.74, 6) is 0. The molecule has 0 radical (unpaired) electrons. The maximum Gasteiger partial charge on any atom is 0.176 e. The van der Waals surface area contributed by atoms with Gasteiger partial charge in [-0.05, 0) is 6.92 Å². The Morgan fingerprint density at radius 2 is 2.60 bits per heavy atom. The molecule has 0 bridgehead atoms. The Morgan fingerprint density at radius 3 is 3.40 bits per heavy atom. The van der Waals surface area contributed by atoms with Gasteiger partial charge >= 0.3 is 0 Å². The van der Waals surface area contributed by atoms with E-state index in [2.05, 4.69) is 20.6 Å². The van der Waals surface area contributed by atoms with Crippen LogP contribution in [0.4, 0.5) is 0 Å². The maximum absolute atomic E-state index is 4.01. The second kappa shape index (κ2) is 1.80. The Kier molecular flexibility index (Phi) is 0.969. The van der Waals surface area contributed by atoms with Crippen molar-refractivity contribution in [1.82, 2.24) is 10.4 Å². The minimum absolute atomic E-state index is 0.0463. The topological polar surface area (TPSA) is 52.4 Å². The van der Waals surface area contributed by atoms with E-state index in [-0.39, 0.29) is 6.17 Å². The van der Waals surface area contributed by atoms with Crippen molar-refractivity contribution >= 4 is 18.4 Å². The summed E-state index contributed by atoms with van der Waals surface area (Å²) in [4.78, 5) is 4.01. The number of aliphatic imine (C=N–C) groups is 1. The van der Waals surface area contributed by atoms with Crippen LogP contribution in [0.25, 0.3) is 0 Å². The van der Waals surface area contributed by atoms with Crippen LogP contribution in [0.5, 0.6) is 0 Å². The molecule has 0 aromatic carbocycles. The molecule has 0 aromatic rings. The van der Waals surface area contributed by atoms with Gasteiger partial charge in [0.1, 0.15) is 12.7 Å². The van der Waals surface area contributed by atoms with Crippen molar-refractivity contribution in [3.63, 3.8) is 0 Å². The summed E-state index contributed by atoms with van der Waals surface area (Å²) < 4.78 is 0. The third kappa shape index (κ3) is 0.601. The monoisotopic (exact) mass is 137 g/mol. The summed E-state index contributed by atoms with van der Waals surface area (Å²) in [6.07, 6.45) is 3.20. The molecule has 2 rings (SSSR count). The van der Waals surface area contributed by atoms with Crippen LogP contribution in [0.3, 0.4) is 0 Å². The summed E-state index contributed by atoms with van der Waals surface area (Å²) in [6.45, 7) is 1.94. The van der Waals surface area contributed by atoms with Crippen molar-refractivity contribution in [2.45, 2.75) is 13.1 Å². The first-order valence-corrected chi connectivity index (χ1v) is 3.02. The van der Waals surface area contributed by atoms with Crippen molar-refractivity contribution < 1.29 is 0 Å². The first-order chi connectivity index (χ1) is 4.88. The lowest BCUT2D eigenvalue weighted by Crippen LogP contribution is -2.41. The van der Waals surface area contributed by atoms with Gasteiger partial charge in [-0.25, -0.2) is 10.0 Å². The van der Waals surface area contributed by atoms with E-state index in [4.69, 9.17) is 0 Å². The van der Waals surface area contributed by atoms with E-state index in [9.17, 15) is 0 Å². The molecule has 2 aliphatic heterocycles. The fourth-order valence-electron chi connectivity index (χ4n) is 0.917. The van der Waals surface area contributed by atoms with Gasteiger partial charge in [0.05, 0.1) is 5.71 Å². The van der Waals surface area contributed by atoms with Gasteiger partial charge in [0, 0.05) is 0 Å². The van der Waals surface area contributed by atoms with E-state index in [1.807, 2.05) is 6.92 Å². The van der Waals surface area contributed by atoms with Gasteiger partial charge in [-0.3, -0.25) is 5.43 Å². The van der Waals surface area contributed by atoms with E-state index in [1.165, 1.54) is 6.34 Å². The molecule has 0 aromatic heterocycles. The van der Waals surface area contributed by atoms with Crippen LogP contribution in [0, 0.1) is 0 Å². The minimum atomic E-state index is 0.0463. The molecule has 0 saturated carbocycles. The van der Waals surface area contributed by atoms with Crippen LogP contribution in [0.2, 0.25) is 0 Å². The molecular formula is C5H7N5. The molecule has 2 heterocycles. The number of hydrazone groups is 2. The highest BCUT2D eigenvalue weighted by atomic mass is 15.6. The first-order valence-electron chi connectivity index (χ1n) is 3.02. The standard InChI is InChI=1S/C5H7N5/c1-4-5-9-7-3-10(5)8-2-6-4/h2-3,5,9H,1H3. The highest BCUT2D eigenvalue weighted by molar-refractivity contribution is 5.96. The number of nitrogens with zero attached hydrogens (tertiary/aromatic N) is 4. The van der Waals surface area contributed by atoms with Gasteiger partial charge in [0.25, 0.3) is 0 Å². The van der Waals surface area contributed by atoms with Crippen molar-refractivity contribution in [2.75, 3.05) is 0 Å². The number of fused-ring (bicyclic) bond motifs is 1. The van der Waals surface area contributed by atoms with Crippen LogP contribution >= 0.6 is 0 Å². The van der Waals surface area contributed by atoms with Gasteiger partial charge in [-0.2, -0.15) is 10.2 Å². The molecule has 5 heteroatoms. The number of rotatable bonds is 0. The van der Waals surface area contributed by atoms with Crippen LogP contribution in [0.1, 0.15) is 6.92 Å². The zero-order valence-corrected chi connectivity index (χ0v) is 5.52. The predicted molar refractivity (Wildman–Crippen MR) is 38.9 cm³/mol. The van der Waals surface area contributed by atoms with Gasteiger partial charge in [0.15, 0.2) is 6.17 Å². The average molecular weight is 137 g/mol. The second-order valence-electron chi connectivity index (χ2n) is 2.16. The minimum Gasteiger partial charge on any atom is -0.279 e. The Hall–Kier alpha value is -1.39. The molecule has 10 heavy (non-hydrogen) atoms. The lowest BCUT2D eigenvalue weighted by molar-refractivity contribution is 0.392. The summed E-state index contributed by atoms with van der Waals surface area (Å²) in [7, 11) is 0. The van der Waals surface area contributed by atoms with Crippen LogP contribution < -0.4 is 5.43 Å². The number of hydrogen-bond acceptors (Lipinski definition) is 5. The smallest absolute Gasteiger partial charge is 0.176 e. The van der Waals surface area contributed by atoms with Crippen molar-refractivity contribution in [2.24, 2.45) is 15.2 Å². The zero-order chi connectivity index (χ0) is 6.97. The van der Waals surface area contributed by atoms with Gasteiger partial charge in [0.2, 0.25) is 0 Å². The Bertz CT molecular complexity index is 228. The summed E-state index contributed by atoms with van der Waals surface area (Å²) in [6, 6.07) is 0. The van der Waals surface area contributed by atoms with Crippen LogP contribution in [0.15, 0.2) is 15.2 Å². The highest BCUT2D eigenvalue weighted by Crippen LogP contribution is 2.05. The van der Waals surface area contributed by atoms with Gasteiger partial charge in [-0.15, -0.1) is 0 Å². The third-order valence-electron chi connectivity index (χ3n) is 1.48. The largest absolute Gasteiger partial charge is 0.279 e. The normalized spacial score (nSPS) is 27.9. The Morgan fingerprint density at radius 1 is 1.70 bits per heavy atom. The molecule has 0 fully saturated rings. The van der Waals surface area contributed by atoms with E-state index in [0.717, 1.165) is 5.71 Å². The third-order valence-corrected chi connectivity index (χ3v) is 1.48. The van der Waals surface area contributed by atoms with E-state index in [1.54, 1.807) is 11.3 Å². The van der Waals surface area contributed by atoms with Crippen molar-refractivity contribution in [1.29, 1.82) is 0 Å². The Balaban J connectivity index is 2.29. The van der Waals surface area contributed by atoms with Crippen molar-refractivity contribution in [3.8, 4) is 0 Å². The molecule has 0 aliphatic carbocycles. The van der Waals surface area contributed by atoms with E-state index < -0.39 is 0 Å². The second-order valence-corrected chi connectivity index (χ2v) is 2.16. The zero-order valence-electron chi connectivity index (χ0n) is 5.52. The van der Waals surface area contributed by atoms with Crippen LogP contribution in [-0.2, 0) is 0 Å². The molecule has 5 nitrogen and oxygen atoms in total. The Labute approximate surface area is 58.1 Å². The highest BCUT2D eigenvalue weighted by Gasteiger charge is 2.23. The average Bonchev–Trinajstić information content (AvgIpc) is 2.36. The molecule has 52 valence electrons. The summed E-state index contributed by atoms with van der Waals surface area (Å²) in [5, 5.41) is 9.51. The van der Waals surface area contributed by atoms with Gasteiger partial charge in [-0.1, -0.05) is 0 Å². The molecule has 0 spiro atoms. The molecular weight excluding hydrogens is 130 g/mol. The quantitative estimate of drug-likeness (QED) is 0.493. The summed E-state index contributed by atoms with van der Waals surface area (Å²) in [5.41, 5.74) is 3.84. The molecule has 1 unspecified atom stereocenters. The molecule has 0 amide bonds. The fraction of sp³-hybridized carbons (Fsp3) is 0.400. The lowest BCUT2D eigenvalue weighted by Gasteiger charge is -2.20. The van der Waals surface area contributed by atoms with Crippen LogP contribution in [-0.4, -0.2) is 29.6 Å². The first kappa shape index (κ1) is 5.40.